The lowest BCUT2D eigenvalue weighted by Gasteiger charge is -2.19. The van der Waals surface area contributed by atoms with Gasteiger partial charge in [-0.25, -0.2) is 12.8 Å². The van der Waals surface area contributed by atoms with E-state index in [9.17, 15) is 17.6 Å². The molecule has 0 bridgehead atoms. The third-order valence-corrected chi connectivity index (χ3v) is 4.79. The van der Waals surface area contributed by atoms with Gasteiger partial charge in [-0.05, 0) is 47.2 Å². The van der Waals surface area contributed by atoms with Crippen molar-refractivity contribution in [3.05, 3.63) is 58.9 Å². The summed E-state index contributed by atoms with van der Waals surface area (Å²) < 4.78 is 44.4. The van der Waals surface area contributed by atoms with Crippen LogP contribution in [-0.4, -0.2) is 27.2 Å². The number of aryl methyl sites for hydroxylation is 1. The normalized spacial score (nSPS) is 11.8. The van der Waals surface area contributed by atoms with Gasteiger partial charge in [0.1, 0.15) is 11.6 Å². The Morgan fingerprint density at radius 1 is 1.14 bits per heavy atom. The summed E-state index contributed by atoms with van der Waals surface area (Å²) in [6, 6.07) is 10.4. The van der Waals surface area contributed by atoms with E-state index >= 15 is 0 Å². The van der Waals surface area contributed by atoms with Gasteiger partial charge in [0, 0.05) is 6.54 Å². The second kappa shape index (κ2) is 8.82. The predicted molar refractivity (Wildman–Crippen MR) is 112 cm³/mol. The molecule has 0 heterocycles. The first kappa shape index (κ1) is 22.7. The number of halogens is 1. The molecule has 8 heteroatoms. The molecule has 0 fully saturated rings. The van der Waals surface area contributed by atoms with Gasteiger partial charge >= 0.3 is 0 Å². The van der Waals surface area contributed by atoms with Gasteiger partial charge in [0.15, 0.2) is 6.61 Å². The number of rotatable bonds is 7. The summed E-state index contributed by atoms with van der Waals surface area (Å²) in [7, 11) is -3.58. The number of sulfonamides is 1. The average Bonchev–Trinajstić information content (AvgIpc) is 2.60. The van der Waals surface area contributed by atoms with E-state index in [0.29, 0.717) is 16.9 Å². The Bertz CT molecular complexity index is 958. The van der Waals surface area contributed by atoms with Crippen LogP contribution in [0.1, 0.15) is 37.5 Å². The van der Waals surface area contributed by atoms with Gasteiger partial charge in [-0.1, -0.05) is 39.0 Å². The maximum Gasteiger partial charge on any atom is 0.258 e. The van der Waals surface area contributed by atoms with Crippen molar-refractivity contribution in [1.82, 2.24) is 5.32 Å². The van der Waals surface area contributed by atoms with E-state index in [0.717, 1.165) is 6.26 Å². The lowest BCUT2D eigenvalue weighted by Crippen LogP contribution is -2.28. The topological polar surface area (TPSA) is 84.5 Å². The first-order valence-electron chi connectivity index (χ1n) is 9.12. The van der Waals surface area contributed by atoms with Crippen LogP contribution in [0.3, 0.4) is 0 Å². The average molecular weight is 423 g/mol. The Kier molecular flexibility index (Phi) is 6.89. The van der Waals surface area contributed by atoms with E-state index in [1.807, 2.05) is 24.3 Å². The second-order valence-corrected chi connectivity index (χ2v) is 9.73. The number of amides is 1. The number of carbonyl (C=O) groups is 1. The third-order valence-electron chi connectivity index (χ3n) is 4.21. The van der Waals surface area contributed by atoms with Crippen LogP contribution in [0.4, 0.5) is 10.1 Å². The Labute approximate surface area is 171 Å². The first-order valence-corrected chi connectivity index (χ1v) is 11.0. The van der Waals surface area contributed by atoms with Gasteiger partial charge < -0.3 is 10.1 Å². The number of carbonyl (C=O) groups excluding carboxylic acids is 1. The first-order chi connectivity index (χ1) is 13.3. The molecule has 29 heavy (non-hydrogen) atoms. The highest BCUT2D eigenvalue weighted by Gasteiger charge is 2.14. The highest BCUT2D eigenvalue weighted by Crippen LogP contribution is 2.24. The largest absolute Gasteiger partial charge is 0.484 e. The molecule has 2 N–H and O–H groups in total. The minimum absolute atomic E-state index is 0.0374. The van der Waals surface area contributed by atoms with E-state index in [1.54, 1.807) is 13.0 Å². The van der Waals surface area contributed by atoms with Gasteiger partial charge in [-0.3, -0.25) is 9.52 Å². The smallest absolute Gasteiger partial charge is 0.258 e. The van der Waals surface area contributed by atoms with Gasteiger partial charge in [-0.2, -0.15) is 0 Å². The maximum atomic E-state index is 14.2. The molecular weight excluding hydrogens is 395 g/mol. The summed E-state index contributed by atoms with van der Waals surface area (Å²) in [5, 5.41) is 2.66. The Hall–Kier alpha value is -2.61. The Balaban J connectivity index is 1.91. The zero-order valence-corrected chi connectivity index (χ0v) is 18.1. The molecule has 158 valence electrons. The summed E-state index contributed by atoms with van der Waals surface area (Å²) in [6.45, 7) is 7.87. The van der Waals surface area contributed by atoms with Crippen molar-refractivity contribution >= 4 is 21.6 Å². The predicted octanol–water partition coefficient (Wildman–Crippen LogP) is 3.50. The maximum absolute atomic E-state index is 14.2. The van der Waals surface area contributed by atoms with E-state index in [-0.39, 0.29) is 30.2 Å². The molecule has 0 aliphatic heterocycles. The van der Waals surface area contributed by atoms with E-state index in [4.69, 9.17) is 4.74 Å². The number of nitrogens with one attached hydrogen (secondary N) is 2. The van der Waals surface area contributed by atoms with Gasteiger partial charge in [0.05, 0.1) is 11.9 Å². The molecule has 0 radical (unpaired) electrons. The Morgan fingerprint density at radius 3 is 2.28 bits per heavy atom. The third kappa shape index (κ3) is 7.05. The van der Waals surface area contributed by atoms with Gasteiger partial charge in [0.25, 0.3) is 5.91 Å². The highest BCUT2D eigenvalue weighted by molar-refractivity contribution is 7.92. The SMILES string of the molecule is Cc1cc(CNC(=O)COc2ccc(C(C)(C)C)cc2)cc(F)c1NS(C)(=O)=O. The van der Waals surface area contributed by atoms with Crippen LogP contribution in [0.5, 0.6) is 5.75 Å². The molecule has 0 saturated carbocycles. The van der Waals surface area contributed by atoms with Crippen LogP contribution < -0.4 is 14.8 Å². The van der Waals surface area contributed by atoms with Crippen molar-refractivity contribution in [1.29, 1.82) is 0 Å². The van der Waals surface area contributed by atoms with Crippen LogP contribution in [0, 0.1) is 12.7 Å². The van der Waals surface area contributed by atoms with Crippen molar-refractivity contribution in [3.63, 3.8) is 0 Å². The molecule has 0 saturated heterocycles. The van der Waals surface area contributed by atoms with Crippen LogP contribution in [0.25, 0.3) is 0 Å². The van der Waals surface area contributed by atoms with Crippen molar-refractivity contribution in [2.45, 2.75) is 39.7 Å². The highest BCUT2D eigenvalue weighted by atomic mass is 32.2. The number of hydrogen-bond acceptors (Lipinski definition) is 4. The second-order valence-electron chi connectivity index (χ2n) is 7.98. The molecule has 2 aromatic carbocycles. The molecule has 0 unspecified atom stereocenters. The minimum atomic E-state index is -3.58. The summed E-state index contributed by atoms with van der Waals surface area (Å²) in [5.41, 5.74) is 2.05. The molecular formula is C21H27FN2O4S. The molecule has 0 atom stereocenters. The fourth-order valence-corrected chi connectivity index (χ4v) is 3.31. The van der Waals surface area contributed by atoms with Gasteiger partial charge in [0.2, 0.25) is 10.0 Å². The van der Waals surface area contributed by atoms with Crippen LogP contribution in [0.15, 0.2) is 36.4 Å². The molecule has 0 aliphatic carbocycles. The van der Waals surface area contributed by atoms with Crippen LogP contribution in [0.2, 0.25) is 0 Å². The number of ether oxygens (including phenoxy) is 1. The van der Waals surface area contributed by atoms with E-state index in [1.165, 1.54) is 11.6 Å². The summed E-state index contributed by atoms with van der Waals surface area (Å²) in [5.74, 6) is -0.456. The molecule has 2 aromatic rings. The number of benzene rings is 2. The lowest BCUT2D eigenvalue weighted by atomic mass is 9.87. The quantitative estimate of drug-likeness (QED) is 0.715. The Morgan fingerprint density at radius 2 is 1.76 bits per heavy atom. The van der Waals surface area contributed by atoms with Crippen molar-refractivity contribution in [2.24, 2.45) is 0 Å². The number of hydrogen-bond donors (Lipinski definition) is 2. The molecule has 0 aromatic heterocycles. The lowest BCUT2D eigenvalue weighted by molar-refractivity contribution is -0.123. The van der Waals surface area contributed by atoms with Crippen molar-refractivity contribution in [3.8, 4) is 5.75 Å². The summed E-state index contributed by atoms with van der Waals surface area (Å²) >= 11 is 0. The molecule has 1 amide bonds. The summed E-state index contributed by atoms with van der Waals surface area (Å²) in [6.07, 6.45) is 0.955. The number of anilines is 1. The minimum Gasteiger partial charge on any atom is -0.484 e. The molecule has 6 nitrogen and oxygen atoms in total. The zero-order valence-electron chi connectivity index (χ0n) is 17.3. The molecule has 0 spiro atoms. The molecule has 2 rings (SSSR count). The zero-order chi connectivity index (χ0) is 21.8. The monoisotopic (exact) mass is 422 g/mol. The fourth-order valence-electron chi connectivity index (χ4n) is 2.68. The van der Waals surface area contributed by atoms with Crippen LogP contribution >= 0.6 is 0 Å². The van der Waals surface area contributed by atoms with Crippen molar-refractivity contribution < 1.29 is 22.3 Å². The van der Waals surface area contributed by atoms with Crippen molar-refractivity contribution in [2.75, 3.05) is 17.6 Å². The van der Waals surface area contributed by atoms with Crippen LogP contribution in [-0.2, 0) is 26.8 Å². The summed E-state index contributed by atoms with van der Waals surface area (Å²) in [4.78, 5) is 12.0. The van der Waals surface area contributed by atoms with E-state index < -0.39 is 15.8 Å². The fraction of sp³-hybridized carbons (Fsp3) is 0.381. The standard InChI is InChI=1S/C21H27FN2O4S/c1-14-10-15(11-18(22)20(14)24-29(5,26)27)12-23-19(25)13-28-17-8-6-16(7-9-17)21(2,3)4/h6-11,24H,12-13H2,1-5H3,(H,23,25). The van der Waals surface area contributed by atoms with Gasteiger partial charge in [-0.15, -0.1) is 0 Å². The van der Waals surface area contributed by atoms with E-state index in [2.05, 4.69) is 30.8 Å². The molecule has 0 aliphatic rings.